The van der Waals surface area contributed by atoms with Gasteiger partial charge in [-0.25, -0.2) is 8.42 Å². The maximum absolute atomic E-state index is 12.7. The number of benzene rings is 1. The normalized spacial score (nSPS) is 24.6. The molecule has 0 saturated carbocycles. The van der Waals surface area contributed by atoms with Crippen LogP contribution in [0, 0.1) is 0 Å². The van der Waals surface area contributed by atoms with Gasteiger partial charge in [0.1, 0.15) is 10.6 Å². The Morgan fingerprint density at radius 3 is 2.75 bits per heavy atom. The number of nitrogens with zero attached hydrogens (tertiary/aromatic N) is 1. The molecule has 1 aliphatic rings. The van der Waals surface area contributed by atoms with Crippen LogP contribution in [0.25, 0.3) is 0 Å². The molecule has 112 valence electrons. The lowest BCUT2D eigenvalue weighted by molar-refractivity contribution is 0.00936. The average Bonchev–Trinajstić information content (AvgIpc) is 2.37. The zero-order chi connectivity index (χ0) is 15.0. The molecule has 1 unspecified atom stereocenters. The van der Waals surface area contributed by atoms with Gasteiger partial charge in [0, 0.05) is 18.8 Å². The van der Waals surface area contributed by atoms with Gasteiger partial charge >= 0.3 is 0 Å². The minimum Gasteiger partial charge on any atom is -0.495 e. The predicted molar refractivity (Wildman–Crippen MR) is 76.0 cm³/mol. The van der Waals surface area contributed by atoms with E-state index in [4.69, 9.17) is 10.5 Å². The topological polar surface area (TPSA) is 92.9 Å². The highest BCUT2D eigenvalue weighted by Gasteiger charge is 2.36. The monoisotopic (exact) mass is 300 g/mol. The third-order valence-electron chi connectivity index (χ3n) is 3.45. The zero-order valence-corrected chi connectivity index (χ0v) is 12.5. The van der Waals surface area contributed by atoms with Crippen molar-refractivity contribution in [3.63, 3.8) is 0 Å². The van der Waals surface area contributed by atoms with Crippen molar-refractivity contribution in [2.45, 2.75) is 30.3 Å². The van der Waals surface area contributed by atoms with Crippen LogP contribution in [-0.4, -0.2) is 43.6 Å². The van der Waals surface area contributed by atoms with E-state index in [9.17, 15) is 13.5 Å². The summed E-state index contributed by atoms with van der Waals surface area (Å²) in [5.74, 6) is 0.254. The number of piperidine rings is 1. The van der Waals surface area contributed by atoms with E-state index in [0.29, 0.717) is 25.1 Å². The Balaban J connectivity index is 2.42. The number of ether oxygens (including phenoxy) is 1. The Morgan fingerprint density at radius 1 is 1.45 bits per heavy atom. The van der Waals surface area contributed by atoms with Crippen LogP contribution in [0.5, 0.6) is 5.75 Å². The summed E-state index contributed by atoms with van der Waals surface area (Å²) in [6.07, 6.45) is 1.21. The molecule has 6 nitrogen and oxygen atoms in total. The molecule has 0 aromatic heterocycles. The molecule has 0 spiro atoms. The number of β-amino-alcohol motifs (C(OH)–C–C–N with tert-alkyl or cyclic N) is 1. The summed E-state index contributed by atoms with van der Waals surface area (Å²) in [5.41, 5.74) is 5.03. The standard InChI is InChI=1S/C13H20N2O4S/c1-13(16)6-3-7-15(9-13)20(17,18)12-8-10(14)4-5-11(12)19-2/h4-5,8,16H,3,6-7,9,14H2,1-2H3. The van der Waals surface area contributed by atoms with Gasteiger partial charge in [0.15, 0.2) is 0 Å². The third-order valence-corrected chi connectivity index (χ3v) is 5.31. The summed E-state index contributed by atoms with van der Waals surface area (Å²) in [7, 11) is -2.32. The summed E-state index contributed by atoms with van der Waals surface area (Å²) in [4.78, 5) is 0.0395. The molecule has 20 heavy (non-hydrogen) atoms. The Labute approximate surface area is 119 Å². The van der Waals surface area contributed by atoms with Crippen molar-refractivity contribution >= 4 is 15.7 Å². The second kappa shape index (κ2) is 5.23. The average molecular weight is 300 g/mol. The highest BCUT2D eigenvalue weighted by molar-refractivity contribution is 7.89. The fourth-order valence-corrected chi connectivity index (χ4v) is 4.20. The molecule has 1 heterocycles. The summed E-state index contributed by atoms with van der Waals surface area (Å²) in [6, 6.07) is 4.51. The van der Waals surface area contributed by atoms with Crippen LogP contribution in [0.2, 0.25) is 0 Å². The van der Waals surface area contributed by atoms with Gasteiger partial charge < -0.3 is 15.6 Å². The maximum Gasteiger partial charge on any atom is 0.246 e. The van der Waals surface area contributed by atoms with Crippen molar-refractivity contribution in [3.8, 4) is 5.75 Å². The molecule has 1 fully saturated rings. The third kappa shape index (κ3) is 2.89. The van der Waals surface area contributed by atoms with Crippen molar-refractivity contribution in [1.29, 1.82) is 0 Å². The second-order valence-electron chi connectivity index (χ2n) is 5.35. The van der Waals surface area contributed by atoms with Gasteiger partial charge in [-0.3, -0.25) is 0 Å². The Morgan fingerprint density at radius 2 is 2.15 bits per heavy atom. The van der Waals surface area contributed by atoms with Gasteiger partial charge in [0.05, 0.1) is 12.7 Å². The summed E-state index contributed by atoms with van der Waals surface area (Å²) >= 11 is 0. The number of hydrogen-bond donors (Lipinski definition) is 2. The molecule has 0 amide bonds. The fraction of sp³-hybridized carbons (Fsp3) is 0.538. The highest BCUT2D eigenvalue weighted by atomic mass is 32.2. The van der Waals surface area contributed by atoms with E-state index in [1.807, 2.05) is 0 Å². The van der Waals surface area contributed by atoms with Gasteiger partial charge in [-0.1, -0.05) is 0 Å². The smallest absolute Gasteiger partial charge is 0.246 e. The van der Waals surface area contributed by atoms with Crippen LogP contribution in [0.4, 0.5) is 5.69 Å². The largest absolute Gasteiger partial charge is 0.495 e. The zero-order valence-electron chi connectivity index (χ0n) is 11.7. The SMILES string of the molecule is COc1ccc(N)cc1S(=O)(=O)N1CCCC(C)(O)C1. The molecule has 2 rings (SSSR count). The van der Waals surface area contributed by atoms with Crippen molar-refractivity contribution < 1.29 is 18.3 Å². The number of nitrogens with two attached hydrogens (primary N) is 1. The molecular formula is C13H20N2O4S. The number of methoxy groups -OCH3 is 1. The number of sulfonamides is 1. The molecule has 3 N–H and O–H groups in total. The van der Waals surface area contributed by atoms with Crippen LogP contribution in [0.15, 0.2) is 23.1 Å². The van der Waals surface area contributed by atoms with Crippen molar-refractivity contribution in [2.24, 2.45) is 0 Å². The van der Waals surface area contributed by atoms with Crippen LogP contribution in [0.1, 0.15) is 19.8 Å². The number of nitrogen functional groups attached to an aromatic ring is 1. The summed E-state index contributed by atoms with van der Waals surface area (Å²) < 4.78 is 31.8. The minimum absolute atomic E-state index is 0.0395. The maximum atomic E-state index is 12.7. The molecule has 1 aromatic carbocycles. The molecule has 1 atom stereocenters. The van der Waals surface area contributed by atoms with Gasteiger partial charge in [0.2, 0.25) is 10.0 Å². The van der Waals surface area contributed by atoms with Gasteiger partial charge in [-0.2, -0.15) is 4.31 Å². The van der Waals surface area contributed by atoms with Crippen molar-refractivity contribution in [3.05, 3.63) is 18.2 Å². The van der Waals surface area contributed by atoms with E-state index < -0.39 is 15.6 Å². The van der Waals surface area contributed by atoms with E-state index in [0.717, 1.165) is 0 Å². The molecule has 7 heteroatoms. The lowest BCUT2D eigenvalue weighted by Gasteiger charge is -2.36. The molecule has 0 radical (unpaired) electrons. The fourth-order valence-electron chi connectivity index (χ4n) is 2.41. The van der Waals surface area contributed by atoms with E-state index >= 15 is 0 Å². The molecule has 1 aromatic rings. The number of anilines is 1. The number of hydrogen-bond acceptors (Lipinski definition) is 5. The summed E-state index contributed by atoms with van der Waals surface area (Å²) in [5, 5.41) is 10.1. The number of aliphatic hydroxyl groups is 1. The van der Waals surface area contributed by atoms with Crippen molar-refractivity contribution in [2.75, 3.05) is 25.9 Å². The van der Waals surface area contributed by atoms with Gasteiger partial charge in [-0.15, -0.1) is 0 Å². The van der Waals surface area contributed by atoms with Gasteiger partial charge in [0.25, 0.3) is 0 Å². The van der Waals surface area contributed by atoms with E-state index in [1.54, 1.807) is 13.0 Å². The molecular weight excluding hydrogens is 280 g/mol. The lowest BCUT2D eigenvalue weighted by atomic mass is 9.97. The predicted octanol–water partition coefficient (Wildman–Crippen LogP) is 0.813. The Hall–Kier alpha value is -1.31. The van der Waals surface area contributed by atoms with Crippen LogP contribution in [-0.2, 0) is 10.0 Å². The van der Waals surface area contributed by atoms with Crippen molar-refractivity contribution in [1.82, 2.24) is 4.31 Å². The first-order chi connectivity index (χ1) is 9.26. The molecule has 1 saturated heterocycles. The van der Waals surface area contributed by atoms with Crippen LogP contribution < -0.4 is 10.5 Å². The molecule has 0 aliphatic carbocycles. The highest BCUT2D eigenvalue weighted by Crippen LogP contribution is 2.32. The Bertz CT molecular complexity index is 598. The lowest BCUT2D eigenvalue weighted by Crippen LogP contribution is -2.48. The minimum atomic E-state index is -3.73. The quantitative estimate of drug-likeness (QED) is 0.806. The molecule has 1 aliphatic heterocycles. The van der Waals surface area contributed by atoms with Crippen LogP contribution in [0.3, 0.4) is 0 Å². The summed E-state index contributed by atoms with van der Waals surface area (Å²) in [6.45, 7) is 2.11. The first kappa shape index (κ1) is 15.1. The van der Waals surface area contributed by atoms with E-state index in [2.05, 4.69) is 0 Å². The Kier molecular flexibility index (Phi) is 3.95. The van der Waals surface area contributed by atoms with Gasteiger partial charge in [-0.05, 0) is 38.0 Å². The van der Waals surface area contributed by atoms with E-state index in [1.165, 1.54) is 23.5 Å². The molecule has 0 bridgehead atoms. The number of rotatable bonds is 3. The first-order valence-corrected chi connectivity index (χ1v) is 7.86. The second-order valence-corrected chi connectivity index (χ2v) is 7.26. The first-order valence-electron chi connectivity index (χ1n) is 6.42. The van der Waals surface area contributed by atoms with Crippen LogP contribution >= 0.6 is 0 Å². The van der Waals surface area contributed by atoms with E-state index in [-0.39, 0.29) is 17.2 Å².